The number of rotatable bonds is 24. The van der Waals surface area contributed by atoms with E-state index < -0.39 is 0 Å². The Hall–Kier alpha value is -4.44. The van der Waals surface area contributed by atoms with Crippen molar-refractivity contribution >= 4 is 63.7 Å². The molecule has 4 nitrogen and oxygen atoms in total. The van der Waals surface area contributed by atoms with Gasteiger partial charge in [0.15, 0.2) is 0 Å². The summed E-state index contributed by atoms with van der Waals surface area (Å²) >= 11 is 0. The molecule has 2 heterocycles. The molecule has 1 unspecified atom stereocenters. The summed E-state index contributed by atoms with van der Waals surface area (Å²) in [6.07, 6.45) is 24.9. The quantitative estimate of drug-likeness (QED) is 0.0542. The average Bonchev–Trinajstić information content (AvgIpc) is 3.28. The van der Waals surface area contributed by atoms with Crippen molar-refractivity contribution in [2.24, 2.45) is 0 Å². The number of nitrogens with zero attached hydrogens (tertiary/aromatic N) is 2. The number of hydrogen-bond acceptors (Lipinski definition) is 4. The molecule has 0 amide bonds. The Balaban J connectivity index is 1.45. The van der Waals surface area contributed by atoms with Crippen molar-refractivity contribution < 1.29 is 0 Å². The Morgan fingerprint density at radius 3 is 1.67 bits per heavy atom. The van der Waals surface area contributed by atoms with Crippen LogP contribution in [-0.2, 0) is 0 Å². The first-order valence-corrected chi connectivity index (χ1v) is 26.7. The van der Waals surface area contributed by atoms with E-state index >= 15 is 0 Å². The van der Waals surface area contributed by atoms with Gasteiger partial charge >= 0.3 is 386 Å². The van der Waals surface area contributed by atoms with Gasteiger partial charge in [-0.2, -0.15) is 0 Å². The van der Waals surface area contributed by atoms with Gasteiger partial charge in [0.05, 0.1) is 0 Å². The molecular weight excluding hydrogens is 798 g/mol. The van der Waals surface area contributed by atoms with Crippen molar-refractivity contribution in [2.75, 3.05) is 41.3 Å². The molecule has 350 valence electrons. The van der Waals surface area contributed by atoms with Crippen LogP contribution in [0.3, 0.4) is 0 Å². The zero-order valence-corrected chi connectivity index (χ0v) is 43.1. The van der Waals surface area contributed by atoms with E-state index in [1.807, 2.05) is 0 Å². The number of unbranched alkanes of at least 4 members (excludes halogenated alkanes) is 12. The van der Waals surface area contributed by atoms with Crippen molar-refractivity contribution in [3.05, 3.63) is 117 Å². The van der Waals surface area contributed by atoms with Crippen molar-refractivity contribution in [1.82, 2.24) is 5.32 Å². The molecule has 1 aliphatic carbocycles. The van der Waals surface area contributed by atoms with Gasteiger partial charge < -0.3 is 0 Å². The molecule has 2 aliphatic heterocycles. The van der Waals surface area contributed by atoms with E-state index in [1.165, 1.54) is 203 Å². The Morgan fingerprint density at radius 1 is 0.515 bits per heavy atom. The Kier molecular flexibility index (Phi) is 17.6. The number of anilines is 4. The summed E-state index contributed by atoms with van der Waals surface area (Å²) in [7, 11) is 0. The Morgan fingerprint density at radius 2 is 1.06 bits per heavy atom. The zero-order valence-electron chi connectivity index (χ0n) is 43.1. The minimum absolute atomic E-state index is 0.122. The third-order valence-corrected chi connectivity index (χ3v) is 14.9. The van der Waals surface area contributed by atoms with Gasteiger partial charge in [0.2, 0.25) is 0 Å². The second-order valence-electron chi connectivity index (χ2n) is 20.4. The molecule has 3 aliphatic rings. The van der Waals surface area contributed by atoms with Crippen molar-refractivity contribution in [3.8, 4) is 0 Å². The third kappa shape index (κ3) is 11.1. The van der Waals surface area contributed by atoms with Gasteiger partial charge in [-0.3, -0.25) is 0 Å². The first kappa shape index (κ1) is 49.5. The van der Waals surface area contributed by atoms with Crippen molar-refractivity contribution in [3.63, 3.8) is 0 Å². The molecule has 2 N–H and O–H groups in total. The van der Waals surface area contributed by atoms with Crippen LogP contribution in [0.5, 0.6) is 0 Å². The molecule has 0 saturated heterocycles. The van der Waals surface area contributed by atoms with Gasteiger partial charge in [0, 0.05) is 0 Å². The van der Waals surface area contributed by atoms with Gasteiger partial charge in [-0.1, -0.05) is 19.8 Å². The summed E-state index contributed by atoms with van der Waals surface area (Å²) < 4.78 is 0. The van der Waals surface area contributed by atoms with Gasteiger partial charge in [-0.15, -0.1) is 0 Å². The summed E-state index contributed by atoms with van der Waals surface area (Å²) in [6.45, 7) is 30.0. The topological polar surface area (TPSA) is 30.5 Å². The number of allylic oxidation sites excluding steroid dienone is 4. The molecule has 0 aromatic heterocycles. The molecule has 7 rings (SSSR count). The summed E-state index contributed by atoms with van der Waals surface area (Å²) in [4.78, 5) is 5.48. The van der Waals surface area contributed by atoms with Crippen LogP contribution in [0.1, 0.15) is 175 Å². The van der Waals surface area contributed by atoms with Gasteiger partial charge in [-0.25, -0.2) is 0 Å². The third-order valence-electron chi connectivity index (χ3n) is 14.9. The molecule has 1 atom stereocenters. The number of nitrogens with one attached hydrogen (secondary N) is 2. The SMILES string of the molecule is CCCCCCNC1=CC=C2C(=Bc3cc4c(cc3N2CCCCCC)B(c2c(C)cc(C)cc2C)c2cc(NCCCCCC)ccc2N4CCCCCC)C1c1c(C)cc(C)cc1C. The van der Waals surface area contributed by atoms with Crippen LogP contribution in [0.4, 0.5) is 22.7 Å². The van der Waals surface area contributed by atoms with Gasteiger partial charge in [0.25, 0.3) is 0 Å². The Labute approximate surface area is 403 Å². The van der Waals surface area contributed by atoms with Crippen LogP contribution in [0.2, 0.25) is 0 Å². The van der Waals surface area contributed by atoms with Crippen LogP contribution in [0.25, 0.3) is 0 Å². The fourth-order valence-electron chi connectivity index (χ4n) is 11.8. The number of aryl methyl sites for hydroxylation is 6. The molecule has 0 bridgehead atoms. The van der Waals surface area contributed by atoms with E-state index in [4.69, 9.17) is 0 Å². The molecule has 4 aromatic rings. The first-order valence-electron chi connectivity index (χ1n) is 26.7. The predicted molar refractivity (Wildman–Crippen MR) is 296 cm³/mol. The average molecular weight is 883 g/mol. The van der Waals surface area contributed by atoms with Crippen LogP contribution in [0.15, 0.2) is 78.1 Å². The van der Waals surface area contributed by atoms with E-state index in [1.54, 1.807) is 0 Å². The predicted octanol–water partition coefficient (Wildman–Crippen LogP) is 12.7. The van der Waals surface area contributed by atoms with Crippen LogP contribution in [0, 0.1) is 41.5 Å². The maximum absolute atomic E-state index is 4.04. The van der Waals surface area contributed by atoms with Crippen molar-refractivity contribution in [2.45, 2.75) is 178 Å². The summed E-state index contributed by atoms with van der Waals surface area (Å²) in [5.74, 6) is 0.142. The molecule has 66 heavy (non-hydrogen) atoms. The van der Waals surface area contributed by atoms with Gasteiger partial charge in [0.1, 0.15) is 0 Å². The molecule has 6 heteroatoms. The minimum atomic E-state index is 0.122. The van der Waals surface area contributed by atoms with Gasteiger partial charge in [-0.05, 0) is 0 Å². The number of hydrogen-bond donors (Lipinski definition) is 2. The van der Waals surface area contributed by atoms with Crippen LogP contribution >= 0.6 is 0 Å². The standard InChI is InChI=1S/C60H84B2N4/c1-11-15-19-23-31-63-48-27-29-53-50(39-48)62(60-46(9)37-43(6)38-47(60)10)51-41-55-49(40-56(51)65(53)33-25-21-17-13-3)61-59-54(66(55)34-26-22-18-14-4)30-28-52(64-32-24-20-16-12-2)58(59)57-44(7)35-42(5)36-45(57)8/h27-30,35-41,58,63-64H,11-26,31-34H2,1-10H3. The molecular formula is C60H84B2N4. The second-order valence-corrected chi connectivity index (χ2v) is 20.4. The van der Waals surface area contributed by atoms with Crippen LogP contribution in [-0.4, -0.2) is 45.3 Å². The molecule has 0 saturated carbocycles. The number of fused-ring (bicyclic) bond motifs is 4. The molecule has 0 fully saturated rings. The maximum atomic E-state index is 4.04. The van der Waals surface area contributed by atoms with E-state index in [0.29, 0.717) is 0 Å². The van der Waals surface area contributed by atoms with E-state index in [2.05, 4.69) is 163 Å². The van der Waals surface area contributed by atoms with Crippen LogP contribution < -0.4 is 42.3 Å². The van der Waals surface area contributed by atoms with E-state index in [0.717, 1.165) is 26.2 Å². The monoisotopic (exact) mass is 883 g/mol. The number of benzene rings is 4. The zero-order chi connectivity index (χ0) is 46.7. The molecule has 0 spiro atoms. The normalized spacial score (nSPS) is 15.0. The van der Waals surface area contributed by atoms with E-state index in [9.17, 15) is 0 Å². The van der Waals surface area contributed by atoms with E-state index in [-0.39, 0.29) is 12.6 Å². The Bertz CT molecular complexity index is 2340. The first-order chi connectivity index (χ1) is 32.1. The molecule has 4 aromatic carbocycles. The second kappa shape index (κ2) is 23.5. The fraction of sp³-hybridized carbons (Fsp3) is 0.517. The molecule has 0 radical (unpaired) electrons. The summed E-state index contributed by atoms with van der Waals surface area (Å²) in [6, 6.07) is 22.3. The summed E-state index contributed by atoms with van der Waals surface area (Å²) in [5, 5.41) is 7.92. The van der Waals surface area contributed by atoms with Crippen molar-refractivity contribution in [1.29, 1.82) is 0 Å². The summed E-state index contributed by atoms with van der Waals surface area (Å²) in [5.41, 5.74) is 24.9. The fourth-order valence-corrected chi connectivity index (χ4v) is 11.8.